The molecule has 106 valence electrons. The molecule has 5 nitrogen and oxygen atoms in total. The van der Waals surface area contributed by atoms with E-state index in [1.54, 1.807) is 18.2 Å². The van der Waals surface area contributed by atoms with Crippen LogP contribution in [0.4, 0.5) is 17.1 Å². The quantitative estimate of drug-likeness (QED) is 0.601. The Hall–Kier alpha value is -2.40. The summed E-state index contributed by atoms with van der Waals surface area (Å²) in [6.07, 6.45) is -0.632. The number of benzene rings is 2. The molecule has 2 aromatic rings. The fourth-order valence-electron chi connectivity index (χ4n) is 1.73. The smallest absolute Gasteiger partial charge is 0.142 e. The Labute approximate surface area is 118 Å². The normalized spacial score (nSPS) is 11.8. The molecular weight excluding hydrogens is 254 g/mol. The van der Waals surface area contributed by atoms with Gasteiger partial charge in [0.25, 0.3) is 0 Å². The summed E-state index contributed by atoms with van der Waals surface area (Å²) >= 11 is 0. The maximum Gasteiger partial charge on any atom is 0.142 e. The van der Waals surface area contributed by atoms with Crippen molar-refractivity contribution in [2.45, 2.75) is 6.10 Å². The van der Waals surface area contributed by atoms with Crippen molar-refractivity contribution in [1.29, 1.82) is 0 Å². The van der Waals surface area contributed by atoms with E-state index in [0.29, 0.717) is 23.7 Å². The van der Waals surface area contributed by atoms with Gasteiger partial charge in [0.05, 0.1) is 5.69 Å². The fraction of sp³-hybridized carbons (Fsp3) is 0.200. The Morgan fingerprint density at radius 2 is 1.85 bits per heavy atom. The highest BCUT2D eigenvalue weighted by Gasteiger charge is 2.07. The van der Waals surface area contributed by atoms with Crippen LogP contribution < -0.4 is 21.5 Å². The van der Waals surface area contributed by atoms with Gasteiger partial charge in [-0.15, -0.1) is 0 Å². The predicted octanol–water partition coefficient (Wildman–Crippen LogP) is 1.70. The number of aliphatic hydroxyl groups excluding tert-OH is 1. The molecule has 0 amide bonds. The summed E-state index contributed by atoms with van der Waals surface area (Å²) < 4.78 is 5.47. The minimum Gasteiger partial charge on any atom is -0.489 e. The molecule has 0 aliphatic carbocycles. The van der Waals surface area contributed by atoms with Crippen LogP contribution in [0.1, 0.15) is 0 Å². The number of aliphatic hydroxyl groups is 1. The molecule has 0 heterocycles. The molecule has 2 rings (SSSR count). The minimum atomic E-state index is -0.632. The molecule has 0 spiro atoms. The van der Waals surface area contributed by atoms with E-state index in [1.807, 2.05) is 30.3 Å². The molecule has 5 heteroatoms. The molecular formula is C15H19N3O2. The summed E-state index contributed by atoms with van der Waals surface area (Å²) in [6, 6.07) is 14.7. The lowest BCUT2D eigenvalue weighted by atomic mass is 10.2. The maximum atomic E-state index is 9.86. The van der Waals surface area contributed by atoms with E-state index in [0.717, 1.165) is 5.69 Å². The van der Waals surface area contributed by atoms with Gasteiger partial charge in [-0.2, -0.15) is 0 Å². The number of hydrogen-bond donors (Lipinski definition) is 4. The zero-order chi connectivity index (χ0) is 14.4. The van der Waals surface area contributed by atoms with Crippen molar-refractivity contribution < 1.29 is 9.84 Å². The van der Waals surface area contributed by atoms with Crippen LogP contribution in [0.3, 0.4) is 0 Å². The zero-order valence-electron chi connectivity index (χ0n) is 11.1. The van der Waals surface area contributed by atoms with E-state index in [-0.39, 0.29) is 6.61 Å². The number of ether oxygens (including phenoxy) is 1. The number of hydrogen-bond acceptors (Lipinski definition) is 5. The van der Waals surface area contributed by atoms with Crippen LogP contribution in [0, 0.1) is 0 Å². The van der Waals surface area contributed by atoms with E-state index in [4.69, 9.17) is 16.2 Å². The van der Waals surface area contributed by atoms with E-state index in [9.17, 15) is 5.11 Å². The highest BCUT2D eigenvalue weighted by atomic mass is 16.5. The third-order valence-electron chi connectivity index (χ3n) is 2.78. The lowest BCUT2D eigenvalue weighted by molar-refractivity contribution is 0.118. The van der Waals surface area contributed by atoms with Crippen molar-refractivity contribution >= 4 is 17.1 Å². The second-order valence-corrected chi connectivity index (χ2v) is 4.51. The first kappa shape index (κ1) is 14.0. The van der Waals surface area contributed by atoms with Crippen LogP contribution >= 0.6 is 0 Å². The van der Waals surface area contributed by atoms with Crippen molar-refractivity contribution in [3.8, 4) is 5.75 Å². The molecule has 0 aliphatic heterocycles. The first-order valence-corrected chi connectivity index (χ1v) is 6.40. The van der Waals surface area contributed by atoms with Gasteiger partial charge in [-0.1, -0.05) is 18.2 Å². The first-order chi connectivity index (χ1) is 9.65. The molecule has 20 heavy (non-hydrogen) atoms. The van der Waals surface area contributed by atoms with Gasteiger partial charge in [-0.3, -0.25) is 0 Å². The number of nitrogens with two attached hydrogens (primary N) is 2. The predicted molar refractivity (Wildman–Crippen MR) is 81.7 cm³/mol. The summed E-state index contributed by atoms with van der Waals surface area (Å²) in [5.74, 6) is 0.526. The van der Waals surface area contributed by atoms with E-state index >= 15 is 0 Å². The second kappa shape index (κ2) is 6.68. The second-order valence-electron chi connectivity index (χ2n) is 4.51. The van der Waals surface area contributed by atoms with Crippen LogP contribution in [0.2, 0.25) is 0 Å². The molecule has 1 unspecified atom stereocenters. The van der Waals surface area contributed by atoms with Crippen LogP contribution in [0.25, 0.3) is 0 Å². The summed E-state index contributed by atoms with van der Waals surface area (Å²) in [5, 5.41) is 13.0. The molecule has 6 N–H and O–H groups in total. The van der Waals surface area contributed by atoms with Crippen molar-refractivity contribution in [3.63, 3.8) is 0 Å². The SMILES string of the molecule is Nc1ccc(OCC(O)CNc2ccccc2)c(N)c1. The number of para-hydroxylation sites is 1. The minimum absolute atomic E-state index is 0.161. The Morgan fingerprint density at radius 3 is 2.55 bits per heavy atom. The molecule has 0 aromatic heterocycles. The van der Waals surface area contributed by atoms with Gasteiger partial charge >= 0.3 is 0 Å². The van der Waals surface area contributed by atoms with Crippen LogP contribution in [-0.4, -0.2) is 24.4 Å². The van der Waals surface area contributed by atoms with E-state index in [2.05, 4.69) is 5.32 Å². The van der Waals surface area contributed by atoms with Crippen molar-refractivity contribution in [2.24, 2.45) is 0 Å². The van der Waals surface area contributed by atoms with Gasteiger partial charge in [0, 0.05) is 17.9 Å². The molecule has 2 aromatic carbocycles. The number of nitrogen functional groups attached to an aromatic ring is 2. The van der Waals surface area contributed by atoms with E-state index < -0.39 is 6.10 Å². The van der Waals surface area contributed by atoms with Gasteiger partial charge in [-0.25, -0.2) is 0 Å². The summed E-state index contributed by atoms with van der Waals surface area (Å²) in [4.78, 5) is 0. The molecule has 0 bridgehead atoms. The molecule has 0 saturated heterocycles. The summed E-state index contributed by atoms with van der Waals surface area (Å²) in [6.45, 7) is 0.562. The van der Waals surface area contributed by atoms with Crippen molar-refractivity contribution in [3.05, 3.63) is 48.5 Å². The Morgan fingerprint density at radius 1 is 1.10 bits per heavy atom. The average Bonchev–Trinajstić information content (AvgIpc) is 2.45. The largest absolute Gasteiger partial charge is 0.489 e. The standard InChI is InChI=1S/C15H19N3O2/c16-11-6-7-15(14(17)8-11)20-10-13(19)9-18-12-4-2-1-3-5-12/h1-8,13,18-19H,9-10,16-17H2. The van der Waals surface area contributed by atoms with Crippen LogP contribution in [0.15, 0.2) is 48.5 Å². The average molecular weight is 273 g/mol. The highest BCUT2D eigenvalue weighted by molar-refractivity contribution is 5.60. The lowest BCUT2D eigenvalue weighted by Gasteiger charge is -2.15. The lowest BCUT2D eigenvalue weighted by Crippen LogP contribution is -2.26. The Kier molecular flexibility index (Phi) is 4.68. The third kappa shape index (κ3) is 4.07. The summed E-state index contributed by atoms with van der Waals surface area (Å²) in [5.41, 5.74) is 13.4. The van der Waals surface area contributed by atoms with Gasteiger partial charge < -0.3 is 26.6 Å². The van der Waals surface area contributed by atoms with Crippen molar-refractivity contribution in [1.82, 2.24) is 0 Å². The summed E-state index contributed by atoms with van der Waals surface area (Å²) in [7, 11) is 0. The van der Waals surface area contributed by atoms with Gasteiger partial charge in [0.1, 0.15) is 18.5 Å². The molecule has 0 radical (unpaired) electrons. The van der Waals surface area contributed by atoms with Crippen LogP contribution in [0.5, 0.6) is 5.75 Å². The third-order valence-corrected chi connectivity index (χ3v) is 2.78. The molecule has 0 fully saturated rings. The van der Waals surface area contributed by atoms with Gasteiger partial charge in [-0.05, 0) is 30.3 Å². The molecule has 0 saturated carbocycles. The van der Waals surface area contributed by atoms with Crippen LogP contribution in [-0.2, 0) is 0 Å². The van der Waals surface area contributed by atoms with Gasteiger partial charge in [0.15, 0.2) is 0 Å². The maximum absolute atomic E-state index is 9.86. The highest BCUT2D eigenvalue weighted by Crippen LogP contribution is 2.23. The number of rotatable bonds is 6. The van der Waals surface area contributed by atoms with E-state index in [1.165, 1.54) is 0 Å². The fourth-order valence-corrected chi connectivity index (χ4v) is 1.73. The zero-order valence-corrected chi connectivity index (χ0v) is 11.1. The topological polar surface area (TPSA) is 93.5 Å². The Bertz CT molecular complexity index is 546. The molecule has 0 aliphatic rings. The Balaban J connectivity index is 1.79. The first-order valence-electron chi connectivity index (χ1n) is 6.40. The number of anilines is 3. The van der Waals surface area contributed by atoms with Gasteiger partial charge in [0.2, 0.25) is 0 Å². The monoisotopic (exact) mass is 273 g/mol. The van der Waals surface area contributed by atoms with Crippen molar-refractivity contribution in [2.75, 3.05) is 29.9 Å². The number of nitrogens with one attached hydrogen (secondary N) is 1. The molecule has 1 atom stereocenters.